The molecule has 15 heavy (non-hydrogen) atoms. The van der Waals surface area contributed by atoms with E-state index in [1.807, 2.05) is 0 Å². The number of carbonyl (C=O) groups is 1. The number of ether oxygens (including phenoxy) is 1. The van der Waals surface area contributed by atoms with Gasteiger partial charge in [-0.25, -0.2) is 4.98 Å². The number of aromatic nitrogens is 2. The second kappa shape index (κ2) is 3.66. The molecule has 0 aromatic carbocycles. The summed E-state index contributed by atoms with van der Waals surface area (Å²) in [5.41, 5.74) is 7.19. The zero-order valence-corrected chi connectivity index (χ0v) is 8.01. The van der Waals surface area contributed by atoms with Gasteiger partial charge in [0.15, 0.2) is 12.0 Å². The number of methoxy groups -OCH3 is 1. The van der Waals surface area contributed by atoms with Crippen molar-refractivity contribution in [2.75, 3.05) is 7.11 Å². The highest BCUT2D eigenvalue weighted by Gasteiger charge is 2.20. The number of nitrogens with two attached hydrogens (primary N) is 1. The van der Waals surface area contributed by atoms with E-state index in [1.54, 1.807) is 0 Å². The number of nitrogens with zero attached hydrogens (tertiary/aromatic N) is 2. The molecular weight excluding hydrogens is 198 g/mol. The summed E-state index contributed by atoms with van der Waals surface area (Å²) in [5.74, 6) is -0.535. The van der Waals surface area contributed by atoms with Crippen LogP contribution in [0.15, 0.2) is 23.2 Å². The van der Waals surface area contributed by atoms with Crippen LogP contribution >= 0.6 is 0 Å². The van der Waals surface area contributed by atoms with E-state index in [9.17, 15) is 4.79 Å². The Morgan fingerprint density at radius 2 is 2.40 bits per heavy atom. The molecule has 2 heterocycles. The summed E-state index contributed by atoms with van der Waals surface area (Å²) in [6, 6.07) is -0.892. The average molecular weight is 207 g/mol. The highest BCUT2D eigenvalue weighted by atomic mass is 16.5. The Balaban J connectivity index is 2.51. The van der Waals surface area contributed by atoms with Crippen LogP contribution in [0.25, 0.3) is 11.1 Å². The molecular formula is C9H9N3O3. The third-order valence-electron chi connectivity index (χ3n) is 2.06. The summed E-state index contributed by atoms with van der Waals surface area (Å²) in [5, 5.41) is 0. The van der Waals surface area contributed by atoms with Crippen LogP contribution in [0.3, 0.4) is 0 Å². The molecule has 0 aliphatic rings. The Labute approximate surface area is 85.1 Å². The number of rotatable bonds is 2. The molecule has 0 bridgehead atoms. The van der Waals surface area contributed by atoms with Crippen LogP contribution in [0.4, 0.5) is 0 Å². The molecule has 0 amide bonds. The number of oxazole rings is 1. The molecule has 0 radical (unpaired) electrons. The van der Waals surface area contributed by atoms with Crippen molar-refractivity contribution >= 4 is 17.1 Å². The van der Waals surface area contributed by atoms with Crippen molar-refractivity contribution in [3.05, 3.63) is 24.4 Å². The van der Waals surface area contributed by atoms with E-state index in [4.69, 9.17) is 10.2 Å². The van der Waals surface area contributed by atoms with Gasteiger partial charge in [-0.1, -0.05) is 0 Å². The van der Waals surface area contributed by atoms with Crippen LogP contribution in [0.2, 0.25) is 0 Å². The smallest absolute Gasteiger partial charge is 0.327 e. The van der Waals surface area contributed by atoms with Gasteiger partial charge in [0.2, 0.25) is 0 Å². The molecule has 1 atom stereocenters. The van der Waals surface area contributed by atoms with Gasteiger partial charge >= 0.3 is 5.97 Å². The minimum absolute atomic E-state index is 0.492. The highest BCUT2D eigenvalue weighted by Crippen LogP contribution is 2.20. The lowest BCUT2D eigenvalue weighted by Crippen LogP contribution is -2.23. The molecule has 0 saturated heterocycles. The number of carbonyl (C=O) groups excluding carboxylic acids is 1. The van der Waals surface area contributed by atoms with E-state index < -0.39 is 12.0 Å². The van der Waals surface area contributed by atoms with Gasteiger partial charge in [-0.05, 0) is 0 Å². The van der Waals surface area contributed by atoms with Crippen LogP contribution in [-0.2, 0) is 9.53 Å². The second-order valence-electron chi connectivity index (χ2n) is 2.93. The zero-order valence-electron chi connectivity index (χ0n) is 8.01. The Hall–Kier alpha value is -1.95. The summed E-state index contributed by atoms with van der Waals surface area (Å²) in [7, 11) is 1.28. The van der Waals surface area contributed by atoms with Crippen molar-refractivity contribution in [3.63, 3.8) is 0 Å². The average Bonchev–Trinajstić information content (AvgIpc) is 2.74. The Morgan fingerprint density at radius 3 is 3.13 bits per heavy atom. The van der Waals surface area contributed by atoms with E-state index >= 15 is 0 Å². The second-order valence-corrected chi connectivity index (χ2v) is 2.93. The largest absolute Gasteiger partial charge is 0.468 e. The topological polar surface area (TPSA) is 91.2 Å². The maximum absolute atomic E-state index is 11.2. The molecule has 2 rings (SSSR count). The molecule has 0 aliphatic heterocycles. The Morgan fingerprint density at radius 1 is 1.60 bits per heavy atom. The maximum Gasteiger partial charge on any atom is 0.327 e. The first-order chi connectivity index (χ1) is 7.24. The normalized spacial score (nSPS) is 12.7. The summed E-state index contributed by atoms with van der Waals surface area (Å²) >= 11 is 0. The lowest BCUT2D eigenvalue weighted by atomic mass is 10.1. The molecule has 0 fully saturated rings. The lowest BCUT2D eigenvalue weighted by Gasteiger charge is -2.08. The molecule has 0 spiro atoms. The summed E-state index contributed by atoms with van der Waals surface area (Å²) in [4.78, 5) is 19.1. The molecule has 0 aliphatic carbocycles. The minimum Gasteiger partial charge on any atom is -0.468 e. The lowest BCUT2D eigenvalue weighted by molar-refractivity contribution is -0.142. The fourth-order valence-corrected chi connectivity index (χ4v) is 1.29. The van der Waals surface area contributed by atoms with Crippen molar-refractivity contribution < 1.29 is 13.9 Å². The van der Waals surface area contributed by atoms with Crippen molar-refractivity contribution in [2.45, 2.75) is 6.04 Å². The van der Waals surface area contributed by atoms with Gasteiger partial charge in [-0.15, -0.1) is 0 Å². The van der Waals surface area contributed by atoms with Gasteiger partial charge in [-0.3, -0.25) is 9.78 Å². The third-order valence-corrected chi connectivity index (χ3v) is 2.06. The van der Waals surface area contributed by atoms with Crippen molar-refractivity contribution in [3.8, 4) is 0 Å². The summed E-state index contributed by atoms with van der Waals surface area (Å²) in [6.45, 7) is 0. The number of hydrogen-bond donors (Lipinski definition) is 1. The monoisotopic (exact) mass is 207 g/mol. The van der Waals surface area contributed by atoms with Crippen LogP contribution in [0.1, 0.15) is 11.6 Å². The first kappa shape index (κ1) is 9.60. The molecule has 6 nitrogen and oxygen atoms in total. The SMILES string of the molecule is COC(=O)[C@H](N)c1cncc2ocnc12. The van der Waals surface area contributed by atoms with Gasteiger partial charge in [0, 0.05) is 11.8 Å². The van der Waals surface area contributed by atoms with Crippen LogP contribution in [-0.4, -0.2) is 23.0 Å². The molecule has 6 heteroatoms. The highest BCUT2D eigenvalue weighted by molar-refractivity contribution is 5.84. The van der Waals surface area contributed by atoms with Crippen molar-refractivity contribution in [1.29, 1.82) is 0 Å². The predicted molar refractivity (Wildman–Crippen MR) is 50.7 cm³/mol. The first-order valence-corrected chi connectivity index (χ1v) is 4.24. The number of fused-ring (bicyclic) bond motifs is 1. The third kappa shape index (κ3) is 1.55. The van der Waals surface area contributed by atoms with E-state index in [1.165, 1.54) is 25.9 Å². The predicted octanol–water partition coefficient (Wildman–Crippen LogP) is 0.396. The maximum atomic E-state index is 11.2. The fraction of sp³-hybridized carbons (Fsp3) is 0.222. The van der Waals surface area contributed by atoms with Crippen LogP contribution in [0, 0.1) is 0 Å². The number of esters is 1. The summed E-state index contributed by atoms with van der Waals surface area (Å²) in [6.07, 6.45) is 4.27. The summed E-state index contributed by atoms with van der Waals surface area (Å²) < 4.78 is 9.58. The van der Waals surface area contributed by atoms with E-state index in [-0.39, 0.29) is 0 Å². The van der Waals surface area contributed by atoms with E-state index in [0.29, 0.717) is 16.7 Å². The molecule has 0 unspecified atom stereocenters. The van der Waals surface area contributed by atoms with Crippen LogP contribution < -0.4 is 5.73 Å². The zero-order chi connectivity index (χ0) is 10.8. The quantitative estimate of drug-likeness (QED) is 0.716. The van der Waals surface area contributed by atoms with Gasteiger partial charge in [-0.2, -0.15) is 0 Å². The Kier molecular flexibility index (Phi) is 2.34. The molecule has 2 aromatic heterocycles. The number of pyridine rings is 1. The standard InChI is InChI=1S/C9H9N3O3/c1-14-9(13)7(10)5-2-11-3-6-8(5)12-4-15-6/h2-4,7H,10H2,1H3/t7-/m1/s1. The molecule has 2 aromatic rings. The van der Waals surface area contributed by atoms with Gasteiger partial charge in [0.1, 0.15) is 11.6 Å². The van der Waals surface area contributed by atoms with Gasteiger partial charge < -0.3 is 14.9 Å². The minimum atomic E-state index is -0.892. The molecule has 0 saturated carbocycles. The van der Waals surface area contributed by atoms with Crippen LogP contribution in [0.5, 0.6) is 0 Å². The van der Waals surface area contributed by atoms with E-state index in [0.717, 1.165) is 0 Å². The van der Waals surface area contributed by atoms with E-state index in [2.05, 4.69) is 14.7 Å². The Bertz CT molecular complexity index is 494. The molecule has 78 valence electrons. The fourth-order valence-electron chi connectivity index (χ4n) is 1.29. The first-order valence-electron chi connectivity index (χ1n) is 4.24. The van der Waals surface area contributed by atoms with Gasteiger partial charge in [0.05, 0.1) is 13.3 Å². The van der Waals surface area contributed by atoms with Crippen molar-refractivity contribution in [2.24, 2.45) is 5.73 Å². The van der Waals surface area contributed by atoms with Crippen molar-refractivity contribution in [1.82, 2.24) is 9.97 Å². The van der Waals surface area contributed by atoms with Gasteiger partial charge in [0.25, 0.3) is 0 Å². The molecule has 2 N–H and O–H groups in total. The number of hydrogen-bond acceptors (Lipinski definition) is 6.